The predicted octanol–water partition coefficient (Wildman–Crippen LogP) is 2.38. The Morgan fingerprint density at radius 2 is 1.88 bits per heavy atom. The van der Waals surface area contributed by atoms with Crippen molar-refractivity contribution in [2.24, 2.45) is 5.73 Å². The van der Waals surface area contributed by atoms with E-state index in [0.717, 1.165) is 18.5 Å². The molecule has 1 atom stereocenters. The number of rotatable bonds is 5. The summed E-state index contributed by atoms with van der Waals surface area (Å²) in [5, 5.41) is 0. The second kappa shape index (κ2) is 5.41. The zero-order valence-electron chi connectivity index (χ0n) is 10.3. The maximum atomic E-state index is 12.8. The summed E-state index contributed by atoms with van der Waals surface area (Å²) >= 11 is 0. The van der Waals surface area contributed by atoms with Gasteiger partial charge in [0.15, 0.2) is 0 Å². The van der Waals surface area contributed by atoms with Crippen molar-refractivity contribution in [1.82, 2.24) is 4.90 Å². The van der Waals surface area contributed by atoms with E-state index in [-0.39, 0.29) is 11.4 Å². The first-order valence-electron chi connectivity index (χ1n) is 5.67. The molecule has 0 aliphatic heterocycles. The molecule has 16 heavy (non-hydrogen) atoms. The van der Waals surface area contributed by atoms with Gasteiger partial charge in [-0.05, 0) is 38.1 Å². The molecule has 0 aliphatic rings. The van der Waals surface area contributed by atoms with Crippen LogP contribution >= 0.6 is 0 Å². The molecule has 1 unspecified atom stereocenters. The van der Waals surface area contributed by atoms with E-state index in [0.29, 0.717) is 6.54 Å². The van der Waals surface area contributed by atoms with Crippen LogP contribution in [-0.4, -0.2) is 24.0 Å². The van der Waals surface area contributed by atoms with Crippen molar-refractivity contribution in [2.75, 3.05) is 13.6 Å². The lowest BCUT2D eigenvalue weighted by atomic mass is 9.96. The molecule has 0 saturated heterocycles. The fraction of sp³-hybridized carbons (Fsp3) is 0.538. The Labute approximate surface area is 97.3 Å². The van der Waals surface area contributed by atoms with E-state index in [1.165, 1.54) is 12.1 Å². The van der Waals surface area contributed by atoms with Crippen molar-refractivity contribution in [2.45, 2.75) is 32.4 Å². The lowest BCUT2D eigenvalue weighted by Gasteiger charge is -2.37. The van der Waals surface area contributed by atoms with Crippen LogP contribution in [0.25, 0.3) is 0 Å². The second-order valence-corrected chi connectivity index (χ2v) is 4.54. The Kier molecular flexibility index (Phi) is 4.44. The summed E-state index contributed by atoms with van der Waals surface area (Å²) in [6.45, 7) is 5.70. The number of nitrogens with zero attached hydrogens (tertiary/aromatic N) is 1. The first-order valence-corrected chi connectivity index (χ1v) is 5.67. The van der Waals surface area contributed by atoms with Gasteiger partial charge in [0.2, 0.25) is 0 Å². The van der Waals surface area contributed by atoms with Crippen LogP contribution in [0.3, 0.4) is 0 Å². The van der Waals surface area contributed by atoms with Gasteiger partial charge < -0.3 is 5.73 Å². The fourth-order valence-corrected chi connectivity index (χ4v) is 1.62. The summed E-state index contributed by atoms with van der Waals surface area (Å²) < 4.78 is 12.8. The highest BCUT2D eigenvalue weighted by molar-refractivity contribution is 5.16. The van der Waals surface area contributed by atoms with E-state index in [9.17, 15) is 4.39 Å². The monoisotopic (exact) mass is 224 g/mol. The third kappa shape index (κ3) is 3.03. The van der Waals surface area contributed by atoms with Gasteiger partial charge in [-0.1, -0.05) is 19.1 Å². The Hall–Kier alpha value is -0.930. The minimum atomic E-state index is -0.191. The van der Waals surface area contributed by atoms with Crippen LogP contribution in [0.4, 0.5) is 4.39 Å². The summed E-state index contributed by atoms with van der Waals surface area (Å²) in [5.41, 5.74) is 6.91. The summed E-state index contributed by atoms with van der Waals surface area (Å²) in [5.74, 6) is -0.191. The van der Waals surface area contributed by atoms with Crippen molar-refractivity contribution in [1.29, 1.82) is 0 Å². The molecule has 90 valence electrons. The summed E-state index contributed by atoms with van der Waals surface area (Å²) in [7, 11) is 2.06. The Balaban J connectivity index is 2.70. The van der Waals surface area contributed by atoms with Crippen LogP contribution in [0.1, 0.15) is 25.8 Å². The highest BCUT2D eigenvalue weighted by Crippen LogP contribution is 2.18. The molecule has 0 aromatic heterocycles. The average molecular weight is 224 g/mol. The lowest BCUT2D eigenvalue weighted by molar-refractivity contribution is 0.131. The molecule has 0 saturated carbocycles. The van der Waals surface area contributed by atoms with Crippen LogP contribution in [0, 0.1) is 5.82 Å². The van der Waals surface area contributed by atoms with E-state index < -0.39 is 0 Å². The van der Waals surface area contributed by atoms with Gasteiger partial charge in [0.1, 0.15) is 5.82 Å². The molecule has 0 aliphatic carbocycles. The van der Waals surface area contributed by atoms with Gasteiger partial charge in [-0.2, -0.15) is 0 Å². The second-order valence-electron chi connectivity index (χ2n) is 4.54. The number of likely N-dealkylation sites (N-methyl/N-ethyl adjacent to an activating group) is 1. The van der Waals surface area contributed by atoms with Crippen LogP contribution < -0.4 is 5.73 Å². The van der Waals surface area contributed by atoms with Gasteiger partial charge >= 0.3 is 0 Å². The topological polar surface area (TPSA) is 29.3 Å². The third-order valence-corrected chi connectivity index (χ3v) is 3.46. The first kappa shape index (κ1) is 13.1. The lowest BCUT2D eigenvalue weighted by Crippen LogP contribution is -2.48. The number of halogens is 1. The molecule has 0 heterocycles. The zero-order valence-corrected chi connectivity index (χ0v) is 10.3. The molecule has 1 aromatic carbocycles. The predicted molar refractivity (Wildman–Crippen MR) is 65.6 cm³/mol. The van der Waals surface area contributed by atoms with Gasteiger partial charge in [-0.25, -0.2) is 4.39 Å². The normalized spacial score (nSPS) is 15.1. The Morgan fingerprint density at radius 3 is 2.31 bits per heavy atom. The Bertz CT molecular complexity index is 317. The molecule has 2 N–H and O–H groups in total. The molecule has 0 fully saturated rings. The minimum Gasteiger partial charge on any atom is -0.329 e. The molecule has 1 aromatic rings. The van der Waals surface area contributed by atoms with Crippen molar-refractivity contribution < 1.29 is 4.39 Å². The van der Waals surface area contributed by atoms with Gasteiger partial charge in [0.05, 0.1) is 0 Å². The average Bonchev–Trinajstić information content (AvgIpc) is 2.31. The maximum absolute atomic E-state index is 12.8. The van der Waals surface area contributed by atoms with Crippen LogP contribution in [0.2, 0.25) is 0 Å². The highest BCUT2D eigenvalue weighted by Gasteiger charge is 2.25. The molecule has 0 spiro atoms. The number of nitrogens with two attached hydrogens (primary N) is 1. The SMILES string of the molecule is CCC(C)(CN)N(C)Cc1ccc(F)cc1. The first-order chi connectivity index (χ1) is 7.51. The summed E-state index contributed by atoms with van der Waals surface area (Å²) in [4.78, 5) is 2.22. The molecule has 0 amide bonds. The van der Waals surface area contributed by atoms with E-state index in [2.05, 4.69) is 25.8 Å². The molecular weight excluding hydrogens is 203 g/mol. The third-order valence-electron chi connectivity index (χ3n) is 3.46. The molecule has 1 rings (SSSR count). The number of benzene rings is 1. The zero-order chi connectivity index (χ0) is 12.2. The van der Waals surface area contributed by atoms with E-state index >= 15 is 0 Å². The number of hydrogen-bond donors (Lipinski definition) is 1. The quantitative estimate of drug-likeness (QED) is 0.832. The standard InChI is InChI=1S/C13H21FN2/c1-4-13(2,10-15)16(3)9-11-5-7-12(14)8-6-11/h5-8H,4,9-10,15H2,1-3H3. The van der Waals surface area contributed by atoms with Gasteiger partial charge in [0.25, 0.3) is 0 Å². The molecular formula is C13H21FN2. The van der Waals surface area contributed by atoms with Crippen molar-refractivity contribution >= 4 is 0 Å². The van der Waals surface area contributed by atoms with Crippen LogP contribution in [-0.2, 0) is 6.54 Å². The maximum Gasteiger partial charge on any atom is 0.123 e. The van der Waals surface area contributed by atoms with Gasteiger partial charge in [-0.15, -0.1) is 0 Å². The van der Waals surface area contributed by atoms with Gasteiger partial charge in [0, 0.05) is 18.6 Å². The Morgan fingerprint density at radius 1 is 1.31 bits per heavy atom. The minimum absolute atomic E-state index is 0.00832. The molecule has 3 heteroatoms. The van der Waals surface area contributed by atoms with Crippen LogP contribution in [0.15, 0.2) is 24.3 Å². The highest BCUT2D eigenvalue weighted by atomic mass is 19.1. The van der Waals surface area contributed by atoms with E-state index in [1.807, 2.05) is 12.1 Å². The van der Waals surface area contributed by atoms with Crippen molar-refractivity contribution in [3.8, 4) is 0 Å². The van der Waals surface area contributed by atoms with Crippen LogP contribution in [0.5, 0.6) is 0 Å². The largest absolute Gasteiger partial charge is 0.329 e. The summed E-state index contributed by atoms with van der Waals surface area (Å²) in [6.07, 6.45) is 1.00. The van der Waals surface area contributed by atoms with E-state index in [4.69, 9.17) is 5.73 Å². The van der Waals surface area contributed by atoms with Crippen molar-refractivity contribution in [3.05, 3.63) is 35.6 Å². The smallest absolute Gasteiger partial charge is 0.123 e. The fourth-order valence-electron chi connectivity index (χ4n) is 1.62. The molecule has 0 bridgehead atoms. The van der Waals surface area contributed by atoms with E-state index in [1.54, 1.807) is 0 Å². The number of hydrogen-bond acceptors (Lipinski definition) is 2. The molecule has 2 nitrogen and oxygen atoms in total. The summed E-state index contributed by atoms with van der Waals surface area (Å²) in [6, 6.07) is 6.63. The van der Waals surface area contributed by atoms with Crippen molar-refractivity contribution in [3.63, 3.8) is 0 Å². The molecule has 0 radical (unpaired) electrons. The van der Waals surface area contributed by atoms with Gasteiger partial charge in [-0.3, -0.25) is 4.90 Å².